The maximum Gasteiger partial charge on any atom is 0.242 e. The Morgan fingerprint density at radius 3 is 2.64 bits per heavy atom. The standard InChI is InChI=1S/C10H19N3O/c1-12-6-3-8(7-12)13(2)9(14)10(11)4-5-10/h8H,3-7,11H2,1-2H3. The number of likely N-dealkylation sites (tertiary alicyclic amines) is 1. The van der Waals surface area contributed by atoms with Crippen LogP contribution in [0.15, 0.2) is 0 Å². The van der Waals surface area contributed by atoms with Gasteiger partial charge in [0.15, 0.2) is 0 Å². The summed E-state index contributed by atoms with van der Waals surface area (Å²) in [5, 5.41) is 0. The third-order valence-electron chi connectivity index (χ3n) is 3.45. The molecule has 1 heterocycles. The van der Waals surface area contributed by atoms with Crippen molar-refractivity contribution in [2.45, 2.75) is 30.8 Å². The molecule has 0 bridgehead atoms. The predicted molar refractivity (Wildman–Crippen MR) is 54.8 cm³/mol. The highest BCUT2D eigenvalue weighted by atomic mass is 16.2. The number of nitrogens with zero attached hydrogens (tertiary/aromatic N) is 2. The summed E-state index contributed by atoms with van der Waals surface area (Å²) in [6.07, 6.45) is 2.80. The molecule has 80 valence electrons. The van der Waals surface area contributed by atoms with Gasteiger partial charge in [-0.15, -0.1) is 0 Å². The number of hydrogen-bond acceptors (Lipinski definition) is 3. The van der Waals surface area contributed by atoms with E-state index in [0.717, 1.165) is 32.4 Å². The molecule has 1 aliphatic heterocycles. The molecule has 14 heavy (non-hydrogen) atoms. The van der Waals surface area contributed by atoms with Crippen LogP contribution in [-0.2, 0) is 4.79 Å². The lowest BCUT2D eigenvalue weighted by Crippen LogP contribution is -2.48. The van der Waals surface area contributed by atoms with Gasteiger partial charge in [0.05, 0.1) is 5.54 Å². The van der Waals surface area contributed by atoms with Gasteiger partial charge in [-0.05, 0) is 32.9 Å². The second kappa shape index (κ2) is 3.21. The number of carbonyl (C=O) groups excluding carboxylic acids is 1. The molecule has 4 heteroatoms. The average molecular weight is 197 g/mol. The topological polar surface area (TPSA) is 49.6 Å². The zero-order valence-electron chi connectivity index (χ0n) is 8.99. The summed E-state index contributed by atoms with van der Waals surface area (Å²) < 4.78 is 0. The average Bonchev–Trinajstić information content (AvgIpc) is 2.75. The molecular weight excluding hydrogens is 178 g/mol. The van der Waals surface area contributed by atoms with Gasteiger partial charge in [-0.2, -0.15) is 0 Å². The lowest BCUT2D eigenvalue weighted by atomic mass is 10.2. The summed E-state index contributed by atoms with van der Waals surface area (Å²) in [5.74, 6) is 0.137. The van der Waals surface area contributed by atoms with E-state index in [1.54, 1.807) is 0 Å². The van der Waals surface area contributed by atoms with Gasteiger partial charge in [0.1, 0.15) is 0 Å². The van der Waals surface area contributed by atoms with Crippen LogP contribution in [-0.4, -0.2) is 54.5 Å². The van der Waals surface area contributed by atoms with Crippen molar-refractivity contribution in [3.8, 4) is 0 Å². The molecule has 4 nitrogen and oxygen atoms in total. The van der Waals surface area contributed by atoms with E-state index in [1.165, 1.54) is 0 Å². The molecule has 1 aliphatic carbocycles. The van der Waals surface area contributed by atoms with E-state index in [4.69, 9.17) is 5.73 Å². The summed E-state index contributed by atoms with van der Waals surface area (Å²) in [5.41, 5.74) is 5.38. The van der Waals surface area contributed by atoms with Gasteiger partial charge in [-0.25, -0.2) is 0 Å². The first-order chi connectivity index (χ1) is 6.53. The second-order valence-electron chi connectivity index (χ2n) is 4.78. The lowest BCUT2D eigenvalue weighted by molar-refractivity contribution is -0.134. The van der Waals surface area contributed by atoms with Crippen molar-refractivity contribution in [3.05, 3.63) is 0 Å². The molecular formula is C10H19N3O. The zero-order chi connectivity index (χ0) is 10.3. The van der Waals surface area contributed by atoms with Crippen molar-refractivity contribution in [1.82, 2.24) is 9.80 Å². The van der Waals surface area contributed by atoms with E-state index in [2.05, 4.69) is 11.9 Å². The first-order valence-electron chi connectivity index (χ1n) is 5.28. The van der Waals surface area contributed by atoms with E-state index < -0.39 is 5.54 Å². The summed E-state index contributed by atoms with van der Waals surface area (Å²) >= 11 is 0. The number of amides is 1. The quantitative estimate of drug-likeness (QED) is 0.657. The molecule has 0 spiro atoms. The van der Waals surface area contributed by atoms with Gasteiger partial charge in [0.2, 0.25) is 5.91 Å². The molecule has 2 fully saturated rings. The van der Waals surface area contributed by atoms with Crippen molar-refractivity contribution < 1.29 is 4.79 Å². The minimum Gasteiger partial charge on any atom is -0.340 e. The Bertz CT molecular complexity index is 250. The molecule has 2 aliphatic rings. The van der Waals surface area contributed by atoms with Gasteiger partial charge in [0.25, 0.3) is 0 Å². The first-order valence-corrected chi connectivity index (χ1v) is 5.28. The van der Waals surface area contributed by atoms with Gasteiger partial charge in [-0.3, -0.25) is 4.79 Å². The fraction of sp³-hybridized carbons (Fsp3) is 0.900. The Labute approximate surface area is 85.0 Å². The molecule has 1 atom stereocenters. The molecule has 2 rings (SSSR count). The molecule has 1 unspecified atom stereocenters. The van der Waals surface area contributed by atoms with Crippen molar-refractivity contribution in [2.75, 3.05) is 27.2 Å². The number of likely N-dealkylation sites (N-methyl/N-ethyl adjacent to an activating group) is 2. The van der Waals surface area contributed by atoms with Crippen molar-refractivity contribution in [2.24, 2.45) is 5.73 Å². The van der Waals surface area contributed by atoms with E-state index in [1.807, 2.05) is 11.9 Å². The van der Waals surface area contributed by atoms with Crippen LogP contribution in [0.2, 0.25) is 0 Å². The minimum atomic E-state index is -0.504. The maximum absolute atomic E-state index is 11.9. The molecule has 1 saturated carbocycles. The van der Waals surface area contributed by atoms with Crippen LogP contribution in [0.1, 0.15) is 19.3 Å². The van der Waals surface area contributed by atoms with Crippen LogP contribution in [0.25, 0.3) is 0 Å². The smallest absolute Gasteiger partial charge is 0.242 e. The van der Waals surface area contributed by atoms with Crippen LogP contribution in [0.3, 0.4) is 0 Å². The van der Waals surface area contributed by atoms with E-state index in [9.17, 15) is 4.79 Å². The summed E-state index contributed by atoms with van der Waals surface area (Å²) in [7, 11) is 3.98. The molecule has 0 aromatic carbocycles. The lowest BCUT2D eigenvalue weighted by Gasteiger charge is -2.27. The monoisotopic (exact) mass is 197 g/mol. The largest absolute Gasteiger partial charge is 0.340 e. The number of carbonyl (C=O) groups is 1. The van der Waals surface area contributed by atoms with Crippen LogP contribution in [0, 0.1) is 0 Å². The molecule has 0 radical (unpaired) electrons. The number of hydrogen-bond donors (Lipinski definition) is 1. The van der Waals surface area contributed by atoms with E-state index in [0.29, 0.717) is 6.04 Å². The van der Waals surface area contributed by atoms with Crippen LogP contribution in [0.5, 0.6) is 0 Å². The number of rotatable bonds is 2. The molecule has 0 aromatic rings. The highest BCUT2D eigenvalue weighted by molar-refractivity contribution is 5.89. The Morgan fingerprint density at radius 1 is 1.57 bits per heavy atom. The number of nitrogens with two attached hydrogens (primary N) is 1. The third-order valence-corrected chi connectivity index (χ3v) is 3.45. The second-order valence-corrected chi connectivity index (χ2v) is 4.78. The maximum atomic E-state index is 11.9. The first kappa shape index (κ1) is 9.93. The van der Waals surface area contributed by atoms with Gasteiger partial charge in [-0.1, -0.05) is 0 Å². The predicted octanol–water partition coefficient (Wildman–Crippen LogP) is -0.360. The normalized spacial score (nSPS) is 30.4. The summed E-state index contributed by atoms with van der Waals surface area (Å²) in [6.45, 7) is 2.07. The van der Waals surface area contributed by atoms with Gasteiger partial charge in [0, 0.05) is 19.6 Å². The Kier molecular flexibility index (Phi) is 2.27. The third kappa shape index (κ3) is 1.64. The van der Waals surface area contributed by atoms with Crippen LogP contribution >= 0.6 is 0 Å². The highest BCUT2D eigenvalue weighted by Gasteiger charge is 2.48. The Morgan fingerprint density at radius 2 is 2.21 bits per heavy atom. The molecule has 0 aromatic heterocycles. The van der Waals surface area contributed by atoms with Gasteiger partial charge >= 0.3 is 0 Å². The van der Waals surface area contributed by atoms with Gasteiger partial charge < -0.3 is 15.5 Å². The summed E-state index contributed by atoms with van der Waals surface area (Å²) in [4.78, 5) is 16.0. The van der Waals surface area contributed by atoms with Crippen LogP contribution in [0.4, 0.5) is 0 Å². The summed E-state index contributed by atoms with van der Waals surface area (Å²) in [6, 6.07) is 0.369. The SMILES string of the molecule is CN1CCC(N(C)C(=O)C2(N)CC2)C1. The minimum absolute atomic E-state index is 0.137. The molecule has 2 N–H and O–H groups in total. The van der Waals surface area contributed by atoms with Crippen LogP contribution < -0.4 is 5.73 Å². The van der Waals surface area contributed by atoms with E-state index >= 15 is 0 Å². The van der Waals surface area contributed by atoms with Crippen molar-refractivity contribution in [1.29, 1.82) is 0 Å². The Balaban J connectivity index is 1.94. The van der Waals surface area contributed by atoms with Crippen molar-refractivity contribution in [3.63, 3.8) is 0 Å². The molecule has 1 amide bonds. The zero-order valence-corrected chi connectivity index (χ0v) is 8.99. The molecule has 1 saturated heterocycles. The fourth-order valence-electron chi connectivity index (χ4n) is 2.09. The fourth-order valence-corrected chi connectivity index (χ4v) is 2.09. The Hall–Kier alpha value is -0.610. The van der Waals surface area contributed by atoms with Crippen molar-refractivity contribution >= 4 is 5.91 Å². The highest BCUT2D eigenvalue weighted by Crippen LogP contribution is 2.34. The van der Waals surface area contributed by atoms with E-state index in [-0.39, 0.29) is 5.91 Å².